The number of fused-ring (bicyclic) bond motifs is 4. The molecule has 0 saturated heterocycles. The Kier molecular flexibility index (Phi) is 2.29. The smallest absolute Gasteiger partial charge is 0.0158 e. The molecule has 16 heavy (non-hydrogen) atoms. The quantitative estimate of drug-likeness (QED) is 0.627. The van der Waals surface area contributed by atoms with Crippen LogP contribution in [0.3, 0.4) is 0 Å². The minimum atomic E-state index is 0.165. The average molecular weight is 226 g/mol. The molecular weight excluding hydrogens is 212 g/mol. The van der Waals surface area contributed by atoms with Crippen molar-refractivity contribution in [1.82, 2.24) is 0 Å². The Hall–Kier alpha value is -1.21. The minimum Gasteiger partial charge on any atom is -0.102 e. The zero-order valence-corrected chi connectivity index (χ0v) is 10.1. The Balaban J connectivity index is 2.24. The van der Waals surface area contributed by atoms with E-state index in [0.717, 1.165) is 6.42 Å². The van der Waals surface area contributed by atoms with Gasteiger partial charge in [0.1, 0.15) is 0 Å². The summed E-state index contributed by atoms with van der Waals surface area (Å²) in [4.78, 5) is 1.46. The standard InChI is InChI=1S/C15H14S/c1-15-8-4-5-9-16-13(11-15)10-12-6-2-3-7-14(12)15/h2-10H,11H2,1H3/b8-4-,9-5-. The lowest BCUT2D eigenvalue weighted by Crippen LogP contribution is -2.23. The van der Waals surface area contributed by atoms with Crippen LogP contribution in [0, 0.1) is 0 Å². The molecule has 1 aliphatic carbocycles. The molecule has 1 aromatic carbocycles. The second-order valence-corrected chi connectivity index (χ2v) is 5.63. The number of allylic oxidation sites excluding steroid dienone is 4. The fraction of sp³-hybridized carbons (Fsp3) is 0.200. The van der Waals surface area contributed by atoms with Gasteiger partial charge in [0.15, 0.2) is 0 Å². The predicted octanol–water partition coefficient (Wildman–Crippen LogP) is 4.51. The van der Waals surface area contributed by atoms with Gasteiger partial charge in [0.25, 0.3) is 0 Å². The van der Waals surface area contributed by atoms with E-state index in [1.54, 1.807) is 0 Å². The molecule has 0 saturated carbocycles. The van der Waals surface area contributed by atoms with Crippen LogP contribution in [0.4, 0.5) is 0 Å². The molecule has 1 aromatic rings. The van der Waals surface area contributed by atoms with E-state index in [4.69, 9.17) is 0 Å². The summed E-state index contributed by atoms with van der Waals surface area (Å²) in [6.07, 6.45) is 10.1. The fourth-order valence-corrected chi connectivity index (χ4v) is 3.41. The van der Waals surface area contributed by atoms with Gasteiger partial charge in [0, 0.05) is 5.41 Å². The average Bonchev–Trinajstić information content (AvgIpc) is 2.27. The van der Waals surface area contributed by atoms with Crippen LogP contribution in [0.25, 0.3) is 6.08 Å². The molecule has 0 amide bonds. The van der Waals surface area contributed by atoms with Gasteiger partial charge in [-0.05, 0) is 33.9 Å². The third-order valence-electron chi connectivity index (χ3n) is 3.31. The molecule has 1 aliphatic heterocycles. The highest BCUT2D eigenvalue weighted by molar-refractivity contribution is 8.05. The van der Waals surface area contributed by atoms with Crippen LogP contribution in [0.2, 0.25) is 0 Å². The summed E-state index contributed by atoms with van der Waals surface area (Å²) in [5, 5.41) is 2.16. The molecule has 3 rings (SSSR count). The van der Waals surface area contributed by atoms with Gasteiger partial charge in [0.05, 0.1) is 0 Å². The first-order valence-electron chi connectivity index (χ1n) is 5.59. The maximum absolute atomic E-state index is 2.33. The molecule has 0 N–H and O–H groups in total. The van der Waals surface area contributed by atoms with Gasteiger partial charge in [-0.3, -0.25) is 0 Å². The van der Waals surface area contributed by atoms with Gasteiger partial charge in [-0.2, -0.15) is 0 Å². The van der Waals surface area contributed by atoms with Crippen LogP contribution in [0.1, 0.15) is 24.5 Å². The van der Waals surface area contributed by atoms with Crippen LogP contribution in [-0.2, 0) is 5.41 Å². The first kappa shape index (κ1) is 9.98. The summed E-state index contributed by atoms with van der Waals surface area (Å²) in [6, 6.07) is 8.72. The lowest BCUT2D eigenvalue weighted by molar-refractivity contribution is 0.594. The summed E-state index contributed by atoms with van der Waals surface area (Å²) in [5.74, 6) is 0. The molecule has 1 heterocycles. The number of thioether (sulfide) groups is 1. The van der Waals surface area contributed by atoms with Crippen molar-refractivity contribution >= 4 is 17.8 Å². The second kappa shape index (κ2) is 3.67. The molecular formula is C15H14S. The molecule has 0 aromatic heterocycles. The highest BCUT2D eigenvalue weighted by Crippen LogP contribution is 2.44. The fourth-order valence-electron chi connectivity index (χ4n) is 2.49. The lowest BCUT2D eigenvalue weighted by atomic mass is 9.74. The van der Waals surface area contributed by atoms with Crippen molar-refractivity contribution in [2.45, 2.75) is 18.8 Å². The third-order valence-corrected chi connectivity index (χ3v) is 4.17. The number of hydrogen-bond donors (Lipinski definition) is 0. The number of benzene rings is 1. The summed E-state index contributed by atoms with van der Waals surface area (Å²) in [7, 11) is 0. The molecule has 0 spiro atoms. The largest absolute Gasteiger partial charge is 0.102 e. The maximum Gasteiger partial charge on any atom is 0.0158 e. The summed E-state index contributed by atoms with van der Waals surface area (Å²) in [6.45, 7) is 2.33. The molecule has 80 valence electrons. The van der Waals surface area contributed by atoms with E-state index in [9.17, 15) is 0 Å². The third kappa shape index (κ3) is 1.56. The minimum absolute atomic E-state index is 0.165. The van der Waals surface area contributed by atoms with Crippen molar-refractivity contribution in [3.8, 4) is 0 Å². The van der Waals surface area contributed by atoms with Crippen molar-refractivity contribution in [3.05, 3.63) is 63.9 Å². The van der Waals surface area contributed by atoms with Crippen molar-refractivity contribution in [2.75, 3.05) is 0 Å². The van der Waals surface area contributed by atoms with E-state index in [-0.39, 0.29) is 5.41 Å². The number of rotatable bonds is 0. The lowest BCUT2D eigenvalue weighted by Gasteiger charge is -2.33. The second-order valence-electron chi connectivity index (χ2n) is 4.60. The Labute approximate surface area is 101 Å². The van der Waals surface area contributed by atoms with E-state index in [0.29, 0.717) is 0 Å². The van der Waals surface area contributed by atoms with E-state index in [1.807, 2.05) is 11.8 Å². The van der Waals surface area contributed by atoms with Crippen molar-refractivity contribution in [1.29, 1.82) is 0 Å². The highest BCUT2D eigenvalue weighted by atomic mass is 32.2. The maximum atomic E-state index is 2.33. The van der Waals surface area contributed by atoms with E-state index in [1.165, 1.54) is 16.0 Å². The molecule has 2 aliphatic rings. The molecule has 0 fully saturated rings. The molecule has 2 bridgehead atoms. The predicted molar refractivity (Wildman–Crippen MR) is 72.3 cm³/mol. The Morgan fingerprint density at radius 1 is 1.19 bits per heavy atom. The van der Waals surface area contributed by atoms with Gasteiger partial charge < -0.3 is 0 Å². The van der Waals surface area contributed by atoms with Gasteiger partial charge in [-0.15, -0.1) is 11.8 Å². The highest BCUT2D eigenvalue weighted by Gasteiger charge is 2.30. The SMILES string of the molecule is CC12/C=C\C=C/SC(=Cc3ccccc31)C2. The monoisotopic (exact) mass is 226 g/mol. The van der Waals surface area contributed by atoms with Crippen molar-refractivity contribution in [3.63, 3.8) is 0 Å². The van der Waals surface area contributed by atoms with Crippen LogP contribution in [-0.4, -0.2) is 0 Å². The molecule has 0 radical (unpaired) electrons. The summed E-state index contributed by atoms with van der Waals surface area (Å²) >= 11 is 1.84. The van der Waals surface area contributed by atoms with E-state index in [2.05, 4.69) is 60.9 Å². The van der Waals surface area contributed by atoms with Gasteiger partial charge in [-0.25, -0.2) is 0 Å². The van der Waals surface area contributed by atoms with Gasteiger partial charge in [0.2, 0.25) is 0 Å². The molecule has 1 heteroatoms. The Morgan fingerprint density at radius 2 is 2.06 bits per heavy atom. The Morgan fingerprint density at radius 3 is 3.00 bits per heavy atom. The van der Waals surface area contributed by atoms with Crippen molar-refractivity contribution in [2.24, 2.45) is 0 Å². The first-order chi connectivity index (χ1) is 7.78. The number of hydrogen-bond acceptors (Lipinski definition) is 1. The van der Waals surface area contributed by atoms with Crippen LogP contribution < -0.4 is 0 Å². The zero-order chi connectivity index (χ0) is 11.0. The normalized spacial score (nSPS) is 30.7. The zero-order valence-electron chi connectivity index (χ0n) is 9.31. The summed E-state index contributed by atoms with van der Waals surface area (Å²) < 4.78 is 0. The topological polar surface area (TPSA) is 0 Å². The van der Waals surface area contributed by atoms with Gasteiger partial charge in [-0.1, -0.05) is 49.4 Å². The van der Waals surface area contributed by atoms with E-state index < -0.39 is 0 Å². The van der Waals surface area contributed by atoms with Gasteiger partial charge >= 0.3 is 0 Å². The van der Waals surface area contributed by atoms with Crippen molar-refractivity contribution < 1.29 is 0 Å². The van der Waals surface area contributed by atoms with Crippen LogP contribution >= 0.6 is 11.8 Å². The Bertz CT molecular complexity index is 508. The van der Waals surface area contributed by atoms with Crippen LogP contribution in [0.5, 0.6) is 0 Å². The van der Waals surface area contributed by atoms with Crippen LogP contribution in [0.15, 0.2) is 52.8 Å². The summed E-state index contributed by atoms with van der Waals surface area (Å²) in [5.41, 5.74) is 2.99. The molecule has 0 nitrogen and oxygen atoms in total. The molecule has 1 atom stereocenters. The molecule has 1 unspecified atom stereocenters. The van der Waals surface area contributed by atoms with E-state index >= 15 is 0 Å². The first-order valence-corrected chi connectivity index (χ1v) is 6.47.